The molecule has 3 aliphatic rings. The molecule has 0 unspecified atom stereocenters. The molecule has 2 amide bonds. The summed E-state index contributed by atoms with van der Waals surface area (Å²) in [5, 5.41) is 5.50. The Morgan fingerprint density at radius 3 is 2.77 bits per heavy atom. The maximum Gasteiger partial charge on any atom is 0.290 e. The van der Waals surface area contributed by atoms with Gasteiger partial charge < -0.3 is 19.7 Å². The van der Waals surface area contributed by atoms with Gasteiger partial charge in [0.05, 0.1) is 22.0 Å². The van der Waals surface area contributed by atoms with Crippen LogP contribution < -0.4 is 25.0 Å². The Kier molecular flexibility index (Phi) is 7.16. The second-order valence-corrected chi connectivity index (χ2v) is 10.8. The lowest BCUT2D eigenvalue weighted by Crippen LogP contribution is -2.38. The van der Waals surface area contributed by atoms with Crippen molar-refractivity contribution in [2.45, 2.75) is 26.3 Å². The summed E-state index contributed by atoms with van der Waals surface area (Å²) >= 11 is 0.887. The highest BCUT2D eigenvalue weighted by molar-refractivity contribution is 8.18. The first-order valence-corrected chi connectivity index (χ1v) is 13.7. The summed E-state index contributed by atoms with van der Waals surface area (Å²) in [6, 6.07) is 11.9. The third-order valence-electron chi connectivity index (χ3n) is 6.91. The van der Waals surface area contributed by atoms with Crippen LogP contribution in [0.2, 0.25) is 0 Å². The van der Waals surface area contributed by atoms with Gasteiger partial charge in [-0.15, -0.1) is 0 Å². The molecule has 39 heavy (non-hydrogen) atoms. The lowest BCUT2D eigenvalue weighted by molar-refractivity contribution is -0.115. The topological polar surface area (TPSA) is 119 Å². The largest absolute Gasteiger partial charge is 0.454 e. The summed E-state index contributed by atoms with van der Waals surface area (Å²) in [4.78, 5) is 39.7. The van der Waals surface area contributed by atoms with E-state index in [2.05, 4.69) is 44.6 Å². The molecule has 2 saturated heterocycles. The Labute approximate surface area is 230 Å². The molecule has 2 N–H and O–H groups in total. The fourth-order valence-electron chi connectivity index (χ4n) is 4.93. The highest BCUT2D eigenvalue weighted by atomic mass is 32.2. The maximum atomic E-state index is 11.8. The molecule has 1 aromatic carbocycles. The summed E-state index contributed by atoms with van der Waals surface area (Å²) in [7, 11) is 0. The standard InChI is InChI=1S/C28H28N6O4S/c1-17-10-21(31-22(11-17)19-2-3-23-24(12-19)38-16-37-23)15-29-14-18-5-8-34(9-6-18)27-30-7-4-20(32-27)13-25-26(35)33-28(36)39-25/h2-4,7,10-13,18,29H,5-6,8-9,14-16H2,1H3,(H,33,35,36). The second-order valence-electron chi connectivity index (χ2n) is 9.78. The van der Waals surface area contributed by atoms with E-state index in [4.69, 9.17) is 14.5 Å². The molecule has 0 bridgehead atoms. The van der Waals surface area contributed by atoms with Crippen molar-refractivity contribution < 1.29 is 19.1 Å². The van der Waals surface area contributed by atoms with Gasteiger partial charge in [0, 0.05) is 31.4 Å². The predicted molar refractivity (Wildman–Crippen MR) is 148 cm³/mol. The average molecular weight is 545 g/mol. The minimum absolute atomic E-state index is 0.258. The minimum Gasteiger partial charge on any atom is -0.454 e. The number of benzene rings is 1. The van der Waals surface area contributed by atoms with E-state index >= 15 is 0 Å². The van der Waals surface area contributed by atoms with Gasteiger partial charge >= 0.3 is 0 Å². The normalized spacial score (nSPS) is 18.2. The molecule has 5 heterocycles. The molecule has 3 aliphatic heterocycles. The van der Waals surface area contributed by atoms with Crippen LogP contribution in [0, 0.1) is 12.8 Å². The van der Waals surface area contributed by atoms with Crippen molar-refractivity contribution >= 4 is 34.9 Å². The van der Waals surface area contributed by atoms with Crippen molar-refractivity contribution in [1.29, 1.82) is 0 Å². The molecule has 0 spiro atoms. The number of piperidine rings is 1. The molecule has 2 aromatic heterocycles. The first-order chi connectivity index (χ1) is 19.0. The van der Waals surface area contributed by atoms with Crippen LogP contribution in [0.1, 0.15) is 29.8 Å². The summed E-state index contributed by atoms with van der Waals surface area (Å²) in [6.45, 7) is 5.68. The van der Waals surface area contributed by atoms with E-state index in [0.717, 1.165) is 72.7 Å². The number of ether oxygens (including phenoxy) is 2. The number of carbonyl (C=O) groups is 2. The van der Waals surface area contributed by atoms with Crippen LogP contribution in [0.25, 0.3) is 17.3 Å². The van der Waals surface area contributed by atoms with Crippen LogP contribution in [0.15, 0.2) is 47.5 Å². The number of thioether (sulfide) groups is 1. The summed E-state index contributed by atoms with van der Waals surface area (Å²) < 4.78 is 11.0. The summed E-state index contributed by atoms with van der Waals surface area (Å²) in [5.74, 6) is 2.34. The van der Waals surface area contributed by atoms with Crippen molar-refractivity contribution in [2.24, 2.45) is 5.92 Å². The van der Waals surface area contributed by atoms with Gasteiger partial charge in [-0.3, -0.25) is 19.9 Å². The number of amides is 2. The molecule has 0 radical (unpaired) electrons. The molecule has 0 atom stereocenters. The zero-order chi connectivity index (χ0) is 26.8. The Hall–Kier alpha value is -3.96. The number of fused-ring (bicyclic) bond motifs is 1. The van der Waals surface area contributed by atoms with Crippen molar-refractivity contribution in [3.8, 4) is 22.8 Å². The number of carbonyl (C=O) groups excluding carboxylic acids is 2. The van der Waals surface area contributed by atoms with Gasteiger partial charge in [0.1, 0.15) is 0 Å². The fourth-order valence-corrected chi connectivity index (χ4v) is 5.59. The number of pyridine rings is 1. The van der Waals surface area contributed by atoms with Crippen LogP contribution in [0.4, 0.5) is 10.7 Å². The van der Waals surface area contributed by atoms with E-state index < -0.39 is 0 Å². The molecule has 0 aliphatic carbocycles. The fraction of sp³-hybridized carbons (Fsp3) is 0.321. The molecular weight excluding hydrogens is 516 g/mol. The number of rotatable bonds is 7. The van der Waals surface area contributed by atoms with Gasteiger partial charge in [-0.25, -0.2) is 9.97 Å². The molecular formula is C28H28N6O4S. The molecule has 0 saturated carbocycles. The van der Waals surface area contributed by atoms with Crippen LogP contribution >= 0.6 is 11.8 Å². The van der Waals surface area contributed by atoms with E-state index in [1.165, 1.54) is 5.56 Å². The van der Waals surface area contributed by atoms with Gasteiger partial charge in [-0.05, 0) is 92.0 Å². The number of nitrogens with zero attached hydrogens (tertiary/aromatic N) is 4. The van der Waals surface area contributed by atoms with Crippen molar-refractivity contribution in [3.05, 3.63) is 64.5 Å². The van der Waals surface area contributed by atoms with Crippen LogP contribution in [0.3, 0.4) is 0 Å². The van der Waals surface area contributed by atoms with Gasteiger partial charge in [0.15, 0.2) is 11.5 Å². The predicted octanol–water partition coefficient (Wildman–Crippen LogP) is 3.91. The summed E-state index contributed by atoms with van der Waals surface area (Å²) in [6.07, 6.45) is 5.37. The van der Waals surface area contributed by atoms with E-state index in [-0.39, 0.29) is 17.9 Å². The molecule has 6 rings (SSSR count). The molecule has 200 valence electrons. The third kappa shape index (κ3) is 5.89. The minimum atomic E-state index is -0.386. The number of nitrogens with one attached hydrogen (secondary N) is 2. The number of anilines is 1. The highest BCUT2D eigenvalue weighted by Crippen LogP contribution is 2.35. The van der Waals surface area contributed by atoms with Crippen LogP contribution in [0.5, 0.6) is 11.5 Å². The number of hydrogen-bond acceptors (Lipinski definition) is 10. The molecule has 3 aromatic rings. The maximum absolute atomic E-state index is 11.8. The van der Waals surface area contributed by atoms with E-state index in [0.29, 0.717) is 29.0 Å². The number of imide groups is 1. The van der Waals surface area contributed by atoms with Gasteiger partial charge in [0.25, 0.3) is 11.1 Å². The zero-order valence-corrected chi connectivity index (χ0v) is 22.3. The van der Waals surface area contributed by atoms with Crippen LogP contribution in [-0.2, 0) is 11.3 Å². The quantitative estimate of drug-likeness (QED) is 0.424. The lowest BCUT2D eigenvalue weighted by atomic mass is 9.97. The average Bonchev–Trinajstić information content (AvgIpc) is 3.53. The second kappa shape index (κ2) is 11.0. The Bertz CT molecular complexity index is 1450. The first kappa shape index (κ1) is 25.3. The molecule has 2 fully saturated rings. The number of aromatic nitrogens is 3. The van der Waals surface area contributed by atoms with Crippen LogP contribution in [-0.4, -0.2) is 52.5 Å². The Morgan fingerprint density at radius 2 is 1.95 bits per heavy atom. The van der Waals surface area contributed by atoms with E-state index in [1.54, 1.807) is 18.3 Å². The third-order valence-corrected chi connectivity index (χ3v) is 7.72. The SMILES string of the molecule is Cc1cc(CNCC2CCN(c3nccc(C=C4SC(=O)NC4=O)n3)CC2)nc(-c2ccc3c(c2)OCO3)c1. The monoisotopic (exact) mass is 544 g/mol. The summed E-state index contributed by atoms with van der Waals surface area (Å²) in [5.41, 5.74) is 4.73. The molecule has 11 heteroatoms. The Morgan fingerprint density at radius 1 is 1.10 bits per heavy atom. The van der Waals surface area contributed by atoms with Crippen molar-refractivity contribution in [1.82, 2.24) is 25.6 Å². The van der Waals surface area contributed by atoms with Crippen molar-refractivity contribution in [2.75, 3.05) is 31.3 Å². The van der Waals surface area contributed by atoms with Gasteiger partial charge in [-0.1, -0.05) is 0 Å². The zero-order valence-electron chi connectivity index (χ0n) is 21.5. The number of aryl methyl sites for hydroxylation is 1. The Balaban J connectivity index is 1.02. The molecule has 10 nitrogen and oxygen atoms in total. The van der Waals surface area contributed by atoms with Gasteiger partial charge in [0.2, 0.25) is 12.7 Å². The first-order valence-electron chi connectivity index (χ1n) is 12.9. The lowest BCUT2D eigenvalue weighted by Gasteiger charge is -2.32. The van der Waals surface area contributed by atoms with Gasteiger partial charge in [-0.2, -0.15) is 0 Å². The highest BCUT2D eigenvalue weighted by Gasteiger charge is 2.26. The smallest absolute Gasteiger partial charge is 0.290 e. The van der Waals surface area contributed by atoms with Crippen molar-refractivity contribution in [3.63, 3.8) is 0 Å². The number of hydrogen-bond donors (Lipinski definition) is 2. The van der Waals surface area contributed by atoms with E-state index in [9.17, 15) is 9.59 Å². The van der Waals surface area contributed by atoms with E-state index in [1.807, 2.05) is 18.2 Å².